The summed E-state index contributed by atoms with van der Waals surface area (Å²) in [6, 6.07) is 3.49. The normalized spacial score (nSPS) is 16.6. The molecule has 5 nitrogen and oxygen atoms in total. The van der Waals surface area contributed by atoms with Crippen molar-refractivity contribution in [2.24, 2.45) is 0 Å². The Balaban J connectivity index is 1.82. The Morgan fingerprint density at radius 1 is 1.44 bits per heavy atom. The van der Waals surface area contributed by atoms with Crippen LogP contribution in [0.15, 0.2) is 18.3 Å². The molecule has 0 N–H and O–H groups in total. The lowest BCUT2D eigenvalue weighted by molar-refractivity contribution is -0.116. The van der Waals surface area contributed by atoms with Crippen LogP contribution in [0.1, 0.15) is 43.0 Å². The third kappa shape index (κ3) is 3.68. The molecular weight excluding hydrogens is 361 g/mol. The van der Waals surface area contributed by atoms with Crippen LogP contribution >= 0.6 is 23.2 Å². The fraction of sp³-hybridized carbons (Fsp3) is 0.444. The van der Waals surface area contributed by atoms with E-state index in [0.717, 1.165) is 30.9 Å². The first-order valence-corrected chi connectivity index (χ1v) is 9.00. The average Bonchev–Trinajstić information content (AvgIpc) is 2.95. The zero-order valence-electron chi connectivity index (χ0n) is 14.6. The van der Waals surface area contributed by atoms with E-state index in [2.05, 4.69) is 9.55 Å². The molecule has 2 aromatic rings. The van der Waals surface area contributed by atoms with Gasteiger partial charge in [0.05, 0.1) is 23.0 Å². The summed E-state index contributed by atoms with van der Waals surface area (Å²) in [5, 5.41) is 0.974. The molecule has 0 saturated heterocycles. The maximum atomic E-state index is 11.6. The number of ether oxygens (including phenoxy) is 1. The molecule has 1 amide bonds. The first-order valence-electron chi connectivity index (χ1n) is 8.25. The van der Waals surface area contributed by atoms with Crippen LogP contribution in [0.2, 0.25) is 10.0 Å². The van der Waals surface area contributed by atoms with Gasteiger partial charge in [-0.25, -0.2) is 4.98 Å². The van der Waals surface area contributed by atoms with Gasteiger partial charge in [-0.05, 0) is 31.9 Å². The number of carbonyl (C=O) groups is 1. The van der Waals surface area contributed by atoms with Gasteiger partial charge < -0.3 is 14.2 Å². The number of amides is 1. The van der Waals surface area contributed by atoms with Crippen molar-refractivity contribution < 1.29 is 9.53 Å². The Morgan fingerprint density at radius 3 is 2.92 bits per heavy atom. The molecule has 3 rings (SSSR count). The van der Waals surface area contributed by atoms with Gasteiger partial charge in [0, 0.05) is 37.3 Å². The van der Waals surface area contributed by atoms with Crippen molar-refractivity contribution >= 4 is 34.8 Å². The third-order valence-electron chi connectivity index (χ3n) is 4.51. The number of anilines is 1. The van der Waals surface area contributed by atoms with E-state index in [9.17, 15) is 4.79 Å². The Hall–Kier alpha value is -1.56. The summed E-state index contributed by atoms with van der Waals surface area (Å²) in [6.45, 7) is 4.72. The fourth-order valence-electron chi connectivity index (χ4n) is 3.07. The van der Waals surface area contributed by atoms with Crippen molar-refractivity contribution in [1.82, 2.24) is 9.55 Å². The molecule has 1 aromatic carbocycles. The summed E-state index contributed by atoms with van der Waals surface area (Å²) in [5.74, 6) is 0.855. The van der Waals surface area contributed by atoms with Crippen molar-refractivity contribution in [2.75, 3.05) is 11.9 Å². The second kappa shape index (κ2) is 7.36. The molecule has 1 atom stereocenters. The molecule has 1 aliphatic heterocycles. The van der Waals surface area contributed by atoms with Crippen molar-refractivity contribution in [2.45, 2.75) is 45.9 Å². The molecule has 0 fully saturated rings. The van der Waals surface area contributed by atoms with E-state index in [1.165, 1.54) is 11.8 Å². The molecule has 1 aliphatic rings. The highest BCUT2D eigenvalue weighted by atomic mass is 35.5. The lowest BCUT2D eigenvalue weighted by Gasteiger charge is -2.25. The van der Waals surface area contributed by atoms with E-state index >= 15 is 0 Å². The quantitative estimate of drug-likeness (QED) is 0.781. The molecule has 0 spiro atoms. The Kier molecular flexibility index (Phi) is 5.37. The van der Waals surface area contributed by atoms with Gasteiger partial charge in [0.2, 0.25) is 5.91 Å². The van der Waals surface area contributed by atoms with Crippen LogP contribution in [0.4, 0.5) is 5.69 Å². The maximum Gasteiger partial charge on any atom is 0.223 e. The lowest BCUT2D eigenvalue weighted by atomic mass is 10.1. The Bertz CT molecular complexity index is 804. The van der Waals surface area contributed by atoms with Gasteiger partial charge in [-0.2, -0.15) is 0 Å². The number of benzene rings is 1. The number of carbonyl (C=O) groups excluding carboxylic acids is 1. The zero-order valence-corrected chi connectivity index (χ0v) is 16.1. The largest absolute Gasteiger partial charge is 0.365 e. The summed E-state index contributed by atoms with van der Waals surface area (Å²) < 4.78 is 8.26. The first-order chi connectivity index (χ1) is 11.9. The molecule has 25 heavy (non-hydrogen) atoms. The number of imidazole rings is 1. The molecule has 134 valence electrons. The summed E-state index contributed by atoms with van der Waals surface area (Å²) in [6.07, 6.45) is 3.93. The topological polar surface area (TPSA) is 47.4 Å². The van der Waals surface area contributed by atoms with Gasteiger partial charge >= 0.3 is 0 Å². The second-order valence-electron chi connectivity index (χ2n) is 6.31. The molecular formula is C18H21Cl2N3O2. The van der Waals surface area contributed by atoms with Gasteiger partial charge in [0.15, 0.2) is 0 Å². The lowest BCUT2D eigenvalue weighted by Crippen LogP contribution is -2.23. The van der Waals surface area contributed by atoms with E-state index in [0.29, 0.717) is 21.3 Å². The summed E-state index contributed by atoms with van der Waals surface area (Å²) in [7, 11) is 1.68. The number of hydrogen-bond donors (Lipinski definition) is 0. The van der Waals surface area contributed by atoms with Crippen LogP contribution in [0.5, 0.6) is 0 Å². The highest BCUT2D eigenvalue weighted by Gasteiger charge is 2.24. The minimum Gasteiger partial charge on any atom is -0.365 e. The summed E-state index contributed by atoms with van der Waals surface area (Å²) >= 11 is 12.8. The van der Waals surface area contributed by atoms with Gasteiger partial charge in [-0.3, -0.25) is 4.79 Å². The second-order valence-corrected chi connectivity index (χ2v) is 7.10. The smallest absolute Gasteiger partial charge is 0.223 e. The molecule has 1 aromatic heterocycles. The Morgan fingerprint density at radius 2 is 2.20 bits per heavy atom. The van der Waals surface area contributed by atoms with E-state index in [1.54, 1.807) is 19.2 Å². The SMILES string of the molecule is CC(=O)N(C)c1ccc(Cl)c(COC2CCCn3cc(C)nc32)c1Cl. The van der Waals surface area contributed by atoms with Gasteiger partial charge in [0.25, 0.3) is 0 Å². The van der Waals surface area contributed by atoms with E-state index in [4.69, 9.17) is 27.9 Å². The third-order valence-corrected chi connectivity index (χ3v) is 5.29. The molecule has 0 aliphatic carbocycles. The monoisotopic (exact) mass is 381 g/mol. The molecule has 7 heteroatoms. The first kappa shape index (κ1) is 18.2. The van der Waals surface area contributed by atoms with Crippen molar-refractivity contribution in [1.29, 1.82) is 0 Å². The van der Waals surface area contributed by atoms with Crippen molar-refractivity contribution in [3.05, 3.63) is 45.5 Å². The minimum absolute atomic E-state index is 0.0798. The molecule has 0 radical (unpaired) electrons. The van der Waals surface area contributed by atoms with Crippen molar-refractivity contribution in [3.8, 4) is 0 Å². The number of aryl methyl sites for hydroxylation is 2. The van der Waals surface area contributed by atoms with Gasteiger partial charge in [-0.1, -0.05) is 23.2 Å². The van der Waals surface area contributed by atoms with Crippen molar-refractivity contribution in [3.63, 3.8) is 0 Å². The van der Waals surface area contributed by atoms with Crippen LogP contribution in [0.3, 0.4) is 0 Å². The number of nitrogens with zero attached hydrogens (tertiary/aromatic N) is 3. The summed E-state index contributed by atoms with van der Waals surface area (Å²) in [5.41, 5.74) is 2.30. The predicted molar refractivity (Wildman–Crippen MR) is 99.3 cm³/mol. The Labute approximate surface area is 157 Å². The zero-order chi connectivity index (χ0) is 18.1. The van der Waals surface area contributed by atoms with Crippen LogP contribution < -0.4 is 4.90 Å². The standard InChI is InChI=1S/C18H21Cl2N3O2/c1-11-9-23-8-4-5-16(18(23)21-11)25-10-13-14(19)6-7-15(17(13)20)22(3)12(2)24/h6-7,9,16H,4-5,8,10H2,1-3H3. The molecule has 0 saturated carbocycles. The van der Waals surface area contributed by atoms with E-state index in [1.807, 2.05) is 13.1 Å². The van der Waals surface area contributed by atoms with E-state index < -0.39 is 0 Å². The van der Waals surface area contributed by atoms with Crippen LogP contribution in [-0.2, 0) is 22.7 Å². The van der Waals surface area contributed by atoms with Crippen LogP contribution in [0, 0.1) is 6.92 Å². The van der Waals surface area contributed by atoms with Gasteiger partial charge in [-0.15, -0.1) is 0 Å². The van der Waals surface area contributed by atoms with E-state index in [-0.39, 0.29) is 18.6 Å². The summed E-state index contributed by atoms with van der Waals surface area (Å²) in [4.78, 5) is 17.7. The average molecular weight is 382 g/mol. The minimum atomic E-state index is -0.0964. The number of rotatable bonds is 4. The fourth-order valence-corrected chi connectivity index (χ4v) is 3.67. The highest BCUT2D eigenvalue weighted by molar-refractivity contribution is 6.38. The maximum absolute atomic E-state index is 11.6. The number of halogens is 2. The number of hydrogen-bond acceptors (Lipinski definition) is 3. The molecule has 2 heterocycles. The number of aromatic nitrogens is 2. The van der Waals surface area contributed by atoms with Crippen LogP contribution in [-0.4, -0.2) is 22.5 Å². The highest BCUT2D eigenvalue weighted by Crippen LogP contribution is 2.36. The molecule has 0 bridgehead atoms. The molecule has 1 unspecified atom stereocenters. The predicted octanol–water partition coefficient (Wildman–Crippen LogP) is 4.53. The van der Waals surface area contributed by atoms with Gasteiger partial charge in [0.1, 0.15) is 11.9 Å². The van der Waals surface area contributed by atoms with Crippen LogP contribution in [0.25, 0.3) is 0 Å². The number of fused-ring (bicyclic) bond motifs is 1.